The Morgan fingerprint density at radius 3 is 2.57 bits per heavy atom. The molecular formula is C16H22N2O3. The number of nitrogens with one attached hydrogen (secondary N) is 2. The van der Waals surface area contributed by atoms with Crippen molar-refractivity contribution in [3.63, 3.8) is 0 Å². The summed E-state index contributed by atoms with van der Waals surface area (Å²) in [5.74, 6) is -0.546. The first kappa shape index (κ1) is 14.2. The van der Waals surface area contributed by atoms with Gasteiger partial charge in [0, 0.05) is 17.3 Å². The topological polar surface area (TPSA) is 82.2 Å². The highest BCUT2D eigenvalue weighted by Gasteiger charge is 2.25. The van der Waals surface area contributed by atoms with Crippen LogP contribution in [-0.4, -0.2) is 22.0 Å². The lowest BCUT2D eigenvalue weighted by Gasteiger charge is -2.23. The molecule has 1 fully saturated rings. The van der Waals surface area contributed by atoms with Crippen LogP contribution >= 0.6 is 0 Å². The number of rotatable bonds is 2. The van der Waals surface area contributed by atoms with Crippen LogP contribution in [0, 0.1) is 0 Å². The summed E-state index contributed by atoms with van der Waals surface area (Å²) in [5.41, 5.74) is 0.954. The first-order valence-corrected chi connectivity index (χ1v) is 7.94. The number of aromatic hydroxyl groups is 1. The van der Waals surface area contributed by atoms with Crippen LogP contribution < -0.4 is 10.9 Å². The molecule has 5 heteroatoms. The van der Waals surface area contributed by atoms with Crippen molar-refractivity contribution in [2.24, 2.45) is 0 Å². The number of carbonyl (C=O) groups excluding carboxylic acids is 1. The third-order valence-electron chi connectivity index (χ3n) is 4.65. The maximum atomic E-state index is 12.3. The Bertz CT molecular complexity index is 600. The van der Waals surface area contributed by atoms with Gasteiger partial charge in [-0.1, -0.05) is 19.3 Å². The van der Waals surface area contributed by atoms with Crippen molar-refractivity contribution in [2.75, 3.05) is 0 Å². The van der Waals surface area contributed by atoms with Crippen LogP contribution in [0.5, 0.6) is 5.75 Å². The maximum absolute atomic E-state index is 12.3. The molecule has 0 saturated heterocycles. The van der Waals surface area contributed by atoms with Gasteiger partial charge in [-0.25, -0.2) is 0 Å². The van der Waals surface area contributed by atoms with Crippen LogP contribution in [0.1, 0.15) is 66.6 Å². The zero-order valence-corrected chi connectivity index (χ0v) is 12.2. The molecule has 3 rings (SSSR count). The maximum Gasteiger partial charge on any atom is 0.264 e. The number of aromatic amines is 1. The lowest BCUT2D eigenvalue weighted by molar-refractivity contribution is 0.0923. The van der Waals surface area contributed by atoms with Gasteiger partial charge in [-0.05, 0) is 38.5 Å². The Balaban J connectivity index is 1.87. The van der Waals surface area contributed by atoms with E-state index in [1.807, 2.05) is 0 Å². The van der Waals surface area contributed by atoms with E-state index < -0.39 is 11.5 Å². The van der Waals surface area contributed by atoms with Gasteiger partial charge in [0.15, 0.2) is 0 Å². The molecule has 0 radical (unpaired) electrons. The second kappa shape index (κ2) is 5.92. The molecule has 1 aromatic rings. The quantitative estimate of drug-likeness (QED) is 0.779. The summed E-state index contributed by atoms with van der Waals surface area (Å²) in [6.45, 7) is 0. The molecule has 0 aromatic carbocycles. The van der Waals surface area contributed by atoms with Gasteiger partial charge in [-0.15, -0.1) is 0 Å². The number of aromatic nitrogens is 1. The summed E-state index contributed by atoms with van der Waals surface area (Å²) in [6.07, 6.45) is 8.81. The predicted octanol–water partition coefficient (Wildman–Crippen LogP) is 2.02. The summed E-state index contributed by atoms with van der Waals surface area (Å²) in [5, 5.41) is 13.2. The van der Waals surface area contributed by atoms with Crippen molar-refractivity contribution in [1.82, 2.24) is 10.3 Å². The van der Waals surface area contributed by atoms with E-state index in [2.05, 4.69) is 10.3 Å². The molecule has 0 spiro atoms. The zero-order chi connectivity index (χ0) is 14.8. The Morgan fingerprint density at radius 2 is 1.81 bits per heavy atom. The normalized spacial score (nSPS) is 19.0. The fourth-order valence-electron chi connectivity index (χ4n) is 3.48. The van der Waals surface area contributed by atoms with Crippen molar-refractivity contribution in [3.05, 3.63) is 27.2 Å². The molecule has 2 aliphatic rings. The Kier molecular flexibility index (Phi) is 3.99. The van der Waals surface area contributed by atoms with Crippen LogP contribution in [0.2, 0.25) is 0 Å². The molecule has 114 valence electrons. The van der Waals surface area contributed by atoms with Crippen molar-refractivity contribution in [1.29, 1.82) is 0 Å². The molecular weight excluding hydrogens is 268 g/mol. The minimum absolute atomic E-state index is 0.109. The smallest absolute Gasteiger partial charge is 0.264 e. The minimum Gasteiger partial charge on any atom is -0.507 e. The van der Waals surface area contributed by atoms with E-state index >= 15 is 0 Å². The molecule has 2 aliphatic carbocycles. The molecule has 3 N–H and O–H groups in total. The number of hydrogen-bond acceptors (Lipinski definition) is 3. The number of pyridine rings is 1. The van der Waals surface area contributed by atoms with E-state index in [4.69, 9.17) is 0 Å². The van der Waals surface area contributed by atoms with E-state index in [1.165, 1.54) is 6.42 Å². The van der Waals surface area contributed by atoms with Gasteiger partial charge >= 0.3 is 0 Å². The van der Waals surface area contributed by atoms with Crippen molar-refractivity contribution < 1.29 is 9.90 Å². The highest BCUT2D eigenvalue weighted by atomic mass is 16.3. The number of amides is 1. The first-order valence-electron chi connectivity index (χ1n) is 7.94. The van der Waals surface area contributed by atoms with Crippen LogP contribution in [0.15, 0.2) is 4.79 Å². The third kappa shape index (κ3) is 2.82. The SMILES string of the molecule is O=C(NC1CCCCC1)c1c(O)c2c([nH]c1=O)CCCC2. The van der Waals surface area contributed by atoms with Gasteiger partial charge in [-0.3, -0.25) is 9.59 Å². The molecule has 0 aliphatic heterocycles. The molecule has 21 heavy (non-hydrogen) atoms. The Morgan fingerprint density at radius 1 is 1.10 bits per heavy atom. The number of carbonyl (C=O) groups is 1. The molecule has 5 nitrogen and oxygen atoms in total. The summed E-state index contributed by atoms with van der Waals surface area (Å²) in [6, 6.07) is 0.126. The molecule has 1 amide bonds. The molecule has 1 aromatic heterocycles. The zero-order valence-electron chi connectivity index (χ0n) is 12.2. The molecule has 0 unspecified atom stereocenters. The van der Waals surface area contributed by atoms with Gasteiger partial charge in [0.2, 0.25) is 0 Å². The number of H-pyrrole nitrogens is 1. The standard InChI is InChI=1S/C16H22N2O3/c19-14-11-8-4-5-9-12(11)18-16(21)13(14)15(20)17-10-6-2-1-3-7-10/h10H,1-9H2,(H,17,20)(H2,18,19,21). The van der Waals surface area contributed by atoms with Gasteiger partial charge < -0.3 is 15.4 Å². The Labute approximate surface area is 123 Å². The van der Waals surface area contributed by atoms with E-state index in [0.29, 0.717) is 0 Å². The predicted molar refractivity (Wildman–Crippen MR) is 79.7 cm³/mol. The van der Waals surface area contributed by atoms with E-state index in [9.17, 15) is 14.7 Å². The number of fused-ring (bicyclic) bond motifs is 1. The molecule has 1 heterocycles. The lowest BCUT2D eigenvalue weighted by Crippen LogP contribution is -2.39. The summed E-state index contributed by atoms with van der Waals surface area (Å²) in [7, 11) is 0. The van der Waals surface area contributed by atoms with Crippen molar-refractivity contribution >= 4 is 5.91 Å². The van der Waals surface area contributed by atoms with Crippen LogP contribution in [0.3, 0.4) is 0 Å². The van der Waals surface area contributed by atoms with Crippen LogP contribution in [0.4, 0.5) is 0 Å². The van der Waals surface area contributed by atoms with Gasteiger partial charge in [0.05, 0.1) is 0 Å². The molecule has 1 saturated carbocycles. The van der Waals surface area contributed by atoms with E-state index in [1.54, 1.807) is 0 Å². The van der Waals surface area contributed by atoms with Gasteiger partial charge in [-0.2, -0.15) is 0 Å². The molecule has 0 atom stereocenters. The monoisotopic (exact) mass is 290 g/mol. The summed E-state index contributed by atoms with van der Waals surface area (Å²) in [4.78, 5) is 27.2. The Hall–Kier alpha value is -1.78. The fourth-order valence-corrected chi connectivity index (χ4v) is 3.48. The van der Waals surface area contributed by atoms with Gasteiger partial charge in [0.1, 0.15) is 11.3 Å². The lowest BCUT2D eigenvalue weighted by atomic mass is 9.93. The number of hydrogen-bond donors (Lipinski definition) is 3. The molecule has 0 bridgehead atoms. The average molecular weight is 290 g/mol. The van der Waals surface area contributed by atoms with Crippen LogP contribution in [0.25, 0.3) is 0 Å². The summed E-state index contributed by atoms with van der Waals surface area (Å²) < 4.78 is 0. The minimum atomic E-state index is -0.471. The second-order valence-corrected chi connectivity index (χ2v) is 6.15. The van der Waals surface area contributed by atoms with Crippen LogP contribution in [-0.2, 0) is 12.8 Å². The third-order valence-corrected chi connectivity index (χ3v) is 4.65. The highest BCUT2D eigenvalue weighted by molar-refractivity contribution is 5.97. The average Bonchev–Trinajstić information content (AvgIpc) is 2.48. The van der Waals surface area contributed by atoms with Crippen molar-refractivity contribution in [3.8, 4) is 5.75 Å². The second-order valence-electron chi connectivity index (χ2n) is 6.15. The van der Waals surface area contributed by atoms with Gasteiger partial charge in [0.25, 0.3) is 11.5 Å². The highest BCUT2D eigenvalue weighted by Crippen LogP contribution is 2.28. The summed E-state index contributed by atoms with van der Waals surface area (Å²) >= 11 is 0. The van der Waals surface area contributed by atoms with Crippen molar-refractivity contribution in [2.45, 2.75) is 63.8 Å². The van der Waals surface area contributed by atoms with E-state index in [0.717, 1.165) is 62.6 Å². The number of aryl methyl sites for hydroxylation is 1. The largest absolute Gasteiger partial charge is 0.507 e. The first-order chi connectivity index (χ1) is 10.2. The van der Waals surface area contributed by atoms with E-state index in [-0.39, 0.29) is 17.4 Å². The fraction of sp³-hybridized carbons (Fsp3) is 0.625.